The van der Waals surface area contributed by atoms with Crippen LogP contribution in [0.1, 0.15) is 111 Å². The zero-order valence-corrected chi connectivity index (χ0v) is 20.9. The summed E-state index contributed by atoms with van der Waals surface area (Å²) < 4.78 is 0. The highest BCUT2D eigenvalue weighted by Gasteiger charge is 2.58. The molecule has 4 fully saturated rings. The molecule has 4 saturated carbocycles. The van der Waals surface area contributed by atoms with Crippen LogP contribution in [0, 0.1) is 34.5 Å². The average Bonchev–Trinajstić information content (AvgIpc) is 3.50. The summed E-state index contributed by atoms with van der Waals surface area (Å²) in [7, 11) is 0. The summed E-state index contributed by atoms with van der Waals surface area (Å²) >= 11 is 0. The van der Waals surface area contributed by atoms with Crippen LogP contribution < -0.4 is 0 Å². The van der Waals surface area contributed by atoms with E-state index < -0.39 is 0 Å². The molecule has 0 saturated heterocycles. The molecular weight excluding hydrogens is 376 g/mol. The molecule has 4 rings (SSSR count). The molecule has 0 amide bonds. The second-order valence-corrected chi connectivity index (χ2v) is 12.5. The lowest BCUT2D eigenvalue weighted by Crippen LogP contribution is -2.42. The van der Waals surface area contributed by atoms with Crippen LogP contribution in [0.2, 0.25) is 0 Å². The first kappa shape index (κ1) is 23.3. The van der Waals surface area contributed by atoms with Crippen LogP contribution in [0.4, 0.5) is 0 Å². The van der Waals surface area contributed by atoms with E-state index in [0.717, 1.165) is 42.9 Å². The van der Waals surface area contributed by atoms with Gasteiger partial charge in [0, 0.05) is 0 Å². The predicted octanol–water partition coefficient (Wildman–Crippen LogP) is 8.40. The Morgan fingerprint density at radius 3 is 2.61 bits per heavy atom. The normalized spacial score (nSPS) is 38.6. The summed E-state index contributed by atoms with van der Waals surface area (Å²) in [6.45, 7) is 14.4. The van der Waals surface area contributed by atoms with Gasteiger partial charge in [0.1, 0.15) is 0 Å². The average molecular weight is 425 g/mol. The van der Waals surface area contributed by atoms with Crippen molar-refractivity contribution in [3.8, 4) is 0 Å². The van der Waals surface area contributed by atoms with Crippen molar-refractivity contribution < 1.29 is 5.11 Å². The van der Waals surface area contributed by atoms with Crippen molar-refractivity contribution in [3.05, 3.63) is 35.5 Å². The Bertz CT molecular complexity index is 723. The number of hydrogen-bond donors (Lipinski definition) is 1. The van der Waals surface area contributed by atoms with Crippen molar-refractivity contribution in [3.63, 3.8) is 0 Å². The van der Waals surface area contributed by atoms with E-state index in [1.807, 2.05) is 0 Å². The molecule has 0 spiro atoms. The third-order valence-electron chi connectivity index (χ3n) is 9.96. The molecule has 0 bridgehead atoms. The summed E-state index contributed by atoms with van der Waals surface area (Å²) in [6, 6.07) is 0. The van der Waals surface area contributed by atoms with E-state index in [2.05, 4.69) is 46.4 Å². The zero-order chi connectivity index (χ0) is 22.2. The number of hydrogen-bond acceptors (Lipinski definition) is 1. The summed E-state index contributed by atoms with van der Waals surface area (Å²) in [4.78, 5) is 0. The quantitative estimate of drug-likeness (QED) is 0.435. The topological polar surface area (TPSA) is 20.2 Å². The maximum atomic E-state index is 10.1. The number of allylic oxidation sites excluding steroid dienone is 4. The van der Waals surface area contributed by atoms with Crippen LogP contribution in [0.5, 0.6) is 0 Å². The number of aliphatic hydroxyl groups excluding tert-OH is 1. The Morgan fingerprint density at radius 2 is 1.90 bits per heavy atom. The highest BCUT2D eigenvalue weighted by molar-refractivity contribution is 5.36. The molecule has 1 heteroatoms. The highest BCUT2D eigenvalue weighted by Crippen LogP contribution is 2.67. The van der Waals surface area contributed by atoms with Crippen molar-refractivity contribution in [1.82, 2.24) is 0 Å². The van der Waals surface area contributed by atoms with Gasteiger partial charge in [-0.05, 0) is 111 Å². The molecule has 31 heavy (non-hydrogen) atoms. The van der Waals surface area contributed by atoms with E-state index >= 15 is 0 Å². The summed E-state index contributed by atoms with van der Waals surface area (Å²) in [6.07, 6.45) is 21.4. The van der Waals surface area contributed by atoms with Crippen LogP contribution in [-0.2, 0) is 0 Å². The van der Waals surface area contributed by atoms with Gasteiger partial charge < -0.3 is 5.11 Å². The molecule has 174 valence electrons. The third kappa shape index (κ3) is 4.78. The smallest absolute Gasteiger partial charge is 0.0583 e. The minimum absolute atomic E-state index is 0.173. The minimum Gasteiger partial charge on any atom is -0.393 e. The summed E-state index contributed by atoms with van der Waals surface area (Å²) in [5, 5.41) is 10.1. The van der Waals surface area contributed by atoms with Gasteiger partial charge in [-0.3, -0.25) is 0 Å². The van der Waals surface area contributed by atoms with E-state index in [9.17, 15) is 5.11 Å². The minimum atomic E-state index is -0.173. The standard InChI is InChI=1S/C30H48O/c1-21(2)8-6-18-29(4,25-13-14-25)28-17-16-27-23(9-7-19-30(27,28)5)11-12-24-20-26(31)15-10-22(24)3/h11-12,21,25-28,31H,3,6-10,13-20H2,1-2,4-5H3/b23-11+,24-12-/t26-,27-,28+,29+,30-/m0/s1. The maximum absolute atomic E-state index is 10.1. The van der Waals surface area contributed by atoms with E-state index in [1.54, 1.807) is 5.57 Å². The van der Waals surface area contributed by atoms with Crippen LogP contribution in [0.3, 0.4) is 0 Å². The van der Waals surface area contributed by atoms with E-state index in [4.69, 9.17) is 0 Å². The summed E-state index contributed by atoms with van der Waals surface area (Å²) in [5.74, 6) is 3.49. The molecule has 0 aliphatic heterocycles. The molecule has 0 radical (unpaired) electrons. The highest BCUT2D eigenvalue weighted by atomic mass is 16.3. The van der Waals surface area contributed by atoms with Gasteiger partial charge in [-0.1, -0.05) is 70.4 Å². The van der Waals surface area contributed by atoms with Gasteiger partial charge in [-0.2, -0.15) is 0 Å². The molecule has 0 aromatic heterocycles. The number of aliphatic hydroxyl groups is 1. The van der Waals surface area contributed by atoms with E-state index in [1.165, 1.54) is 75.4 Å². The molecule has 4 aliphatic carbocycles. The van der Waals surface area contributed by atoms with E-state index in [0.29, 0.717) is 10.8 Å². The molecule has 5 atom stereocenters. The summed E-state index contributed by atoms with van der Waals surface area (Å²) in [5.41, 5.74) is 5.29. The zero-order valence-electron chi connectivity index (χ0n) is 20.9. The van der Waals surface area contributed by atoms with Crippen molar-refractivity contribution in [2.75, 3.05) is 0 Å². The van der Waals surface area contributed by atoms with Crippen LogP contribution in [0.25, 0.3) is 0 Å². The molecular formula is C30H48O. The SMILES string of the molecule is C=C1CC[C@H](O)C/C1=C/C=C1\CCC[C@@]2(C)[C@H]1CC[C@@H]2[C@](C)(CCCC(C)C)C1CC1. The van der Waals surface area contributed by atoms with Crippen LogP contribution in [-0.4, -0.2) is 11.2 Å². The number of rotatable bonds is 7. The van der Waals surface area contributed by atoms with Crippen LogP contribution in [0.15, 0.2) is 35.5 Å². The maximum Gasteiger partial charge on any atom is 0.0583 e. The first-order valence-corrected chi connectivity index (χ1v) is 13.5. The molecule has 0 aromatic rings. The largest absolute Gasteiger partial charge is 0.393 e. The Labute approximate surface area is 192 Å². The third-order valence-corrected chi connectivity index (χ3v) is 9.96. The van der Waals surface area contributed by atoms with E-state index in [-0.39, 0.29) is 6.10 Å². The Kier molecular flexibility index (Phi) is 6.93. The van der Waals surface area contributed by atoms with Gasteiger partial charge in [0.25, 0.3) is 0 Å². The van der Waals surface area contributed by atoms with Gasteiger partial charge in [0.05, 0.1) is 6.10 Å². The number of fused-ring (bicyclic) bond motifs is 1. The first-order chi connectivity index (χ1) is 14.7. The first-order valence-electron chi connectivity index (χ1n) is 13.5. The lowest BCUT2D eigenvalue weighted by molar-refractivity contribution is 0.0114. The van der Waals surface area contributed by atoms with Crippen molar-refractivity contribution >= 4 is 0 Å². The Hall–Kier alpha value is -0.820. The Morgan fingerprint density at radius 1 is 1.13 bits per heavy atom. The van der Waals surface area contributed by atoms with Gasteiger partial charge in [-0.15, -0.1) is 0 Å². The monoisotopic (exact) mass is 424 g/mol. The lowest BCUT2D eigenvalue weighted by Gasteiger charge is -2.50. The molecule has 0 unspecified atom stereocenters. The van der Waals surface area contributed by atoms with Crippen molar-refractivity contribution in [2.45, 2.75) is 117 Å². The fraction of sp³-hybridized carbons (Fsp3) is 0.800. The molecule has 4 aliphatic rings. The van der Waals surface area contributed by atoms with Gasteiger partial charge >= 0.3 is 0 Å². The predicted molar refractivity (Wildman–Crippen MR) is 133 cm³/mol. The fourth-order valence-corrected chi connectivity index (χ4v) is 8.02. The fourth-order valence-electron chi connectivity index (χ4n) is 8.02. The van der Waals surface area contributed by atoms with Crippen LogP contribution >= 0.6 is 0 Å². The molecule has 0 heterocycles. The van der Waals surface area contributed by atoms with Gasteiger partial charge in [-0.25, -0.2) is 0 Å². The molecule has 0 aromatic carbocycles. The second kappa shape index (κ2) is 9.20. The van der Waals surface area contributed by atoms with Crippen molar-refractivity contribution in [2.24, 2.45) is 34.5 Å². The van der Waals surface area contributed by atoms with Gasteiger partial charge in [0.2, 0.25) is 0 Å². The van der Waals surface area contributed by atoms with Gasteiger partial charge in [0.15, 0.2) is 0 Å². The lowest BCUT2D eigenvalue weighted by atomic mass is 9.55. The van der Waals surface area contributed by atoms with Crippen molar-refractivity contribution in [1.29, 1.82) is 0 Å². The Balaban J connectivity index is 1.53. The second-order valence-electron chi connectivity index (χ2n) is 12.5. The molecule has 1 N–H and O–H groups in total. The molecule has 1 nitrogen and oxygen atoms in total.